The fraction of sp³-hybridized carbons (Fsp3) is 0.765. The summed E-state index contributed by atoms with van der Waals surface area (Å²) in [6.45, 7) is 12.8. The Balaban J connectivity index is 2.89. The molecule has 1 aromatic heterocycles. The SMILES string of the molecule is CCCC(OC)c1nc(C)c(CC(C)CNCC)c(C)n1. The van der Waals surface area contributed by atoms with Gasteiger partial charge in [-0.05, 0) is 51.3 Å². The molecule has 1 N–H and O–H groups in total. The lowest BCUT2D eigenvalue weighted by Crippen LogP contribution is -2.23. The zero-order valence-corrected chi connectivity index (χ0v) is 14.5. The highest BCUT2D eigenvalue weighted by molar-refractivity contribution is 5.25. The molecule has 1 rings (SSSR count). The average molecular weight is 293 g/mol. The second-order valence-corrected chi connectivity index (χ2v) is 5.86. The highest BCUT2D eigenvalue weighted by atomic mass is 16.5. The smallest absolute Gasteiger partial charge is 0.157 e. The first kappa shape index (κ1) is 18.1. The van der Waals surface area contributed by atoms with Crippen LogP contribution in [0.5, 0.6) is 0 Å². The molecular formula is C17H31N3O. The molecular weight excluding hydrogens is 262 g/mol. The molecule has 0 fully saturated rings. The number of nitrogens with one attached hydrogen (secondary N) is 1. The van der Waals surface area contributed by atoms with Crippen molar-refractivity contribution in [2.45, 2.75) is 60.0 Å². The van der Waals surface area contributed by atoms with Crippen LogP contribution in [-0.2, 0) is 11.2 Å². The maximum absolute atomic E-state index is 5.53. The molecule has 0 aromatic carbocycles. The Morgan fingerprint density at radius 3 is 2.24 bits per heavy atom. The number of hydrogen-bond acceptors (Lipinski definition) is 4. The molecule has 1 heterocycles. The van der Waals surface area contributed by atoms with E-state index in [2.05, 4.69) is 39.9 Å². The summed E-state index contributed by atoms with van der Waals surface area (Å²) >= 11 is 0. The highest BCUT2D eigenvalue weighted by Gasteiger charge is 2.17. The van der Waals surface area contributed by atoms with Crippen molar-refractivity contribution in [1.29, 1.82) is 0 Å². The molecule has 120 valence electrons. The van der Waals surface area contributed by atoms with Gasteiger partial charge < -0.3 is 10.1 Å². The minimum absolute atomic E-state index is 0.0145. The van der Waals surface area contributed by atoms with Crippen molar-refractivity contribution in [2.24, 2.45) is 5.92 Å². The number of aryl methyl sites for hydroxylation is 2. The van der Waals surface area contributed by atoms with E-state index < -0.39 is 0 Å². The fourth-order valence-corrected chi connectivity index (χ4v) is 2.63. The molecule has 2 atom stereocenters. The van der Waals surface area contributed by atoms with Gasteiger partial charge in [-0.25, -0.2) is 9.97 Å². The number of ether oxygens (including phenoxy) is 1. The molecule has 0 bridgehead atoms. The summed E-state index contributed by atoms with van der Waals surface area (Å²) in [5, 5.41) is 3.40. The minimum Gasteiger partial charge on any atom is -0.373 e. The van der Waals surface area contributed by atoms with E-state index >= 15 is 0 Å². The van der Waals surface area contributed by atoms with Crippen LogP contribution >= 0.6 is 0 Å². The van der Waals surface area contributed by atoms with Crippen molar-refractivity contribution in [3.05, 3.63) is 22.8 Å². The molecule has 0 radical (unpaired) electrons. The second kappa shape index (κ2) is 9.11. The first-order valence-corrected chi connectivity index (χ1v) is 8.10. The third kappa shape index (κ3) is 5.36. The van der Waals surface area contributed by atoms with Gasteiger partial charge in [0, 0.05) is 18.5 Å². The Kier molecular flexibility index (Phi) is 7.83. The first-order valence-electron chi connectivity index (χ1n) is 8.10. The predicted octanol–water partition coefficient (Wildman–Crippen LogP) is 3.37. The van der Waals surface area contributed by atoms with Crippen LogP contribution in [0.2, 0.25) is 0 Å². The van der Waals surface area contributed by atoms with Crippen molar-refractivity contribution in [2.75, 3.05) is 20.2 Å². The van der Waals surface area contributed by atoms with Crippen molar-refractivity contribution >= 4 is 0 Å². The van der Waals surface area contributed by atoms with Gasteiger partial charge in [-0.3, -0.25) is 0 Å². The minimum atomic E-state index is 0.0145. The summed E-state index contributed by atoms with van der Waals surface area (Å²) in [6.07, 6.45) is 3.07. The zero-order chi connectivity index (χ0) is 15.8. The fourth-order valence-electron chi connectivity index (χ4n) is 2.63. The largest absolute Gasteiger partial charge is 0.373 e. The molecule has 21 heavy (non-hydrogen) atoms. The van der Waals surface area contributed by atoms with Gasteiger partial charge in [-0.1, -0.05) is 27.2 Å². The van der Waals surface area contributed by atoms with E-state index in [0.717, 1.165) is 49.6 Å². The van der Waals surface area contributed by atoms with Gasteiger partial charge >= 0.3 is 0 Å². The molecule has 0 saturated carbocycles. The molecule has 0 saturated heterocycles. The van der Waals surface area contributed by atoms with Gasteiger partial charge in [0.25, 0.3) is 0 Å². The number of nitrogens with zero attached hydrogens (tertiary/aromatic N) is 2. The lowest BCUT2D eigenvalue weighted by atomic mass is 9.98. The Bertz CT molecular complexity index is 411. The lowest BCUT2D eigenvalue weighted by Gasteiger charge is -2.18. The second-order valence-electron chi connectivity index (χ2n) is 5.86. The summed E-state index contributed by atoms with van der Waals surface area (Å²) in [7, 11) is 1.74. The Hall–Kier alpha value is -1.00. The van der Waals surface area contributed by atoms with E-state index in [-0.39, 0.29) is 6.10 Å². The van der Waals surface area contributed by atoms with Crippen molar-refractivity contribution < 1.29 is 4.74 Å². The standard InChI is InChI=1S/C17H31N3O/c1-7-9-16(21-6)17-19-13(4)15(14(5)20-17)10-12(3)11-18-8-2/h12,16,18H,7-11H2,1-6H3. The molecule has 0 amide bonds. The van der Waals surface area contributed by atoms with Crippen molar-refractivity contribution in [1.82, 2.24) is 15.3 Å². The Morgan fingerprint density at radius 1 is 1.14 bits per heavy atom. The Labute approximate surface area is 129 Å². The maximum Gasteiger partial charge on any atom is 0.157 e. The van der Waals surface area contributed by atoms with Crippen LogP contribution in [0.25, 0.3) is 0 Å². The Morgan fingerprint density at radius 2 is 1.76 bits per heavy atom. The van der Waals surface area contributed by atoms with Gasteiger partial charge in [0.1, 0.15) is 6.10 Å². The summed E-state index contributed by atoms with van der Waals surface area (Å²) in [5.74, 6) is 1.42. The van der Waals surface area contributed by atoms with Crippen LogP contribution in [0, 0.1) is 19.8 Å². The third-order valence-electron chi connectivity index (χ3n) is 3.86. The lowest BCUT2D eigenvalue weighted by molar-refractivity contribution is 0.0872. The van der Waals surface area contributed by atoms with Crippen LogP contribution in [0.3, 0.4) is 0 Å². The number of aromatic nitrogens is 2. The van der Waals surface area contributed by atoms with Gasteiger partial charge in [0.2, 0.25) is 0 Å². The first-order chi connectivity index (χ1) is 10.0. The van der Waals surface area contributed by atoms with Crippen LogP contribution in [0.15, 0.2) is 0 Å². The van der Waals surface area contributed by atoms with Gasteiger partial charge in [-0.15, -0.1) is 0 Å². The number of rotatable bonds is 9. The van der Waals surface area contributed by atoms with E-state index in [1.165, 1.54) is 5.56 Å². The molecule has 4 heteroatoms. The van der Waals surface area contributed by atoms with E-state index in [0.29, 0.717) is 5.92 Å². The molecule has 1 aromatic rings. The average Bonchev–Trinajstić information content (AvgIpc) is 2.46. The maximum atomic E-state index is 5.53. The summed E-state index contributed by atoms with van der Waals surface area (Å²) in [5.41, 5.74) is 3.48. The molecule has 0 aliphatic carbocycles. The van der Waals surface area contributed by atoms with Crippen LogP contribution in [0.1, 0.15) is 62.5 Å². The monoisotopic (exact) mass is 293 g/mol. The quantitative estimate of drug-likeness (QED) is 0.758. The van der Waals surface area contributed by atoms with E-state index in [1.807, 2.05) is 0 Å². The molecule has 0 spiro atoms. The topological polar surface area (TPSA) is 47.0 Å². The predicted molar refractivity (Wildman–Crippen MR) is 87.6 cm³/mol. The van der Waals surface area contributed by atoms with E-state index in [1.54, 1.807) is 7.11 Å². The van der Waals surface area contributed by atoms with Crippen LogP contribution in [-0.4, -0.2) is 30.2 Å². The van der Waals surface area contributed by atoms with Gasteiger partial charge in [-0.2, -0.15) is 0 Å². The third-order valence-corrected chi connectivity index (χ3v) is 3.86. The summed E-state index contributed by atoms with van der Waals surface area (Å²) in [4.78, 5) is 9.40. The zero-order valence-electron chi connectivity index (χ0n) is 14.5. The molecule has 4 nitrogen and oxygen atoms in total. The molecule has 0 aliphatic rings. The number of hydrogen-bond donors (Lipinski definition) is 1. The summed E-state index contributed by atoms with van der Waals surface area (Å²) < 4.78 is 5.53. The van der Waals surface area contributed by atoms with E-state index in [4.69, 9.17) is 14.7 Å². The van der Waals surface area contributed by atoms with Gasteiger partial charge in [0.15, 0.2) is 5.82 Å². The number of methoxy groups -OCH3 is 1. The summed E-state index contributed by atoms with van der Waals surface area (Å²) in [6, 6.07) is 0. The highest BCUT2D eigenvalue weighted by Crippen LogP contribution is 2.22. The van der Waals surface area contributed by atoms with E-state index in [9.17, 15) is 0 Å². The molecule has 0 aliphatic heterocycles. The van der Waals surface area contributed by atoms with Crippen LogP contribution < -0.4 is 5.32 Å². The van der Waals surface area contributed by atoms with Gasteiger partial charge in [0.05, 0.1) is 0 Å². The van der Waals surface area contributed by atoms with Crippen molar-refractivity contribution in [3.8, 4) is 0 Å². The normalized spacial score (nSPS) is 14.2. The molecule has 2 unspecified atom stereocenters. The van der Waals surface area contributed by atoms with Crippen LogP contribution in [0.4, 0.5) is 0 Å². The van der Waals surface area contributed by atoms with Crippen molar-refractivity contribution in [3.63, 3.8) is 0 Å².